The average molecular weight is 305 g/mol. The molecule has 3 nitrogen and oxygen atoms in total. The summed E-state index contributed by atoms with van der Waals surface area (Å²) >= 11 is 2.19. The van der Waals surface area contributed by atoms with Gasteiger partial charge in [-0.05, 0) is 60.7 Å². The van der Waals surface area contributed by atoms with Gasteiger partial charge in [0.2, 0.25) is 0 Å². The predicted octanol–water partition coefficient (Wildman–Crippen LogP) is 3.18. The molecule has 0 saturated carbocycles. The highest BCUT2D eigenvalue weighted by Gasteiger charge is 2.17. The number of carboxylic acid groups (broad SMARTS) is 1. The first-order chi connectivity index (χ1) is 6.52. The van der Waals surface area contributed by atoms with Crippen LogP contribution in [0.5, 0.6) is 0 Å². The molecule has 0 bridgehead atoms. The fourth-order valence-electron chi connectivity index (χ4n) is 1.23. The second-order valence-corrected chi connectivity index (χ2v) is 4.47. The predicted molar refractivity (Wildman–Crippen MR) is 64.8 cm³/mol. The Kier molecular flexibility index (Phi) is 3.74. The van der Waals surface area contributed by atoms with Gasteiger partial charge in [0.25, 0.3) is 0 Å². The lowest BCUT2D eigenvalue weighted by molar-refractivity contribution is 0.200. The van der Waals surface area contributed by atoms with Crippen LogP contribution in [0.2, 0.25) is 0 Å². The lowest BCUT2D eigenvalue weighted by atomic mass is 10.2. The Morgan fingerprint density at radius 3 is 2.21 bits per heavy atom. The monoisotopic (exact) mass is 305 g/mol. The SMILES string of the molecule is CC(C)N(C(=O)O)c1ccc(I)cc1. The first kappa shape index (κ1) is 11.3. The van der Waals surface area contributed by atoms with E-state index in [1.54, 1.807) is 0 Å². The van der Waals surface area contributed by atoms with E-state index in [0.29, 0.717) is 5.69 Å². The summed E-state index contributed by atoms with van der Waals surface area (Å²) in [5.74, 6) is 0. The van der Waals surface area contributed by atoms with E-state index in [1.807, 2.05) is 38.1 Å². The lowest BCUT2D eigenvalue weighted by Crippen LogP contribution is -2.35. The summed E-state index contributed by atoms with van der Waals surface area (Å²) in [5.41, 5.74) is 0.716. The highest BCUT2D eigenvalue weighted by atomic mass is 127. The second-order valence-electron chi connectivity index (χ2n) is 3.22. The van der Waals surface area contributed by atoms with Crippen LogP contribution in [0.3, 0.4) is 0 Å². The highest BCUT2D eigenvalue weighted by molar-refractivity contribution is 14.1. The Balaban J connectivity index is 3.00. The molecule has 1 amide bonds. The van der Waals surface area contributed by atoms with E-state index in [2.05, 4.69) is 22.6 Å². The lowest BCUT2D eigenvalue weighted by Gasteiger charge is -2.23. The average Bonchev–Trinajstić information content (AvgIpc) is 2.07. The van der Waals surface area contributed by atoms with Crippen molar-refractivity contribution in [2.75, 3.05) is 4.90 Å². The molecule has 0 aliphatic heterocycles. The quantitative estimate of drug-likeness (QED) is 0.853. The first-order valence-electron chi connectivity index (χ1n) is 4.30. The van der Waals surface area contributed by atoms with Crippen molar-refractivity contribution in [3.8, 4) is 0 Å². The van der Waals surface area contributed by atoms with Crippen LogP contribution in [-0.4, -0.2) is 17.2 Å². The molecule has 1 aromatic carbocycles. The first-order valence-corrected chi connectivity index (χ1v) is 5.38. The van der Waals surface area contributed by atoms with Crippen molar-refractivity contribution in [3.05, 3.63) is 27.8 Å². The zero-order valence-corrected chi connectivity index (χ0v) is 10.2. The number of hydrogen-bond acceptors (Lipinski definition) is 1. The van der Waals surface area contributed by atoms with Crippen LogP contribution in [0, 0.1) is 3.57 Å². The third kappa shape index (κ3) is 2.60. The van der Waals surface area contributed by atoms with Gasteiger partial charge < -0.3 is 5.11 Å². The van der Waals surface area contributed by atoms with Crippen molar-refractivity contribution in [2.45, 2.75) is 19.9 Å². The summed E-state index contributed by atoms with van der Waals surface area (Å²) in [5, 5.41) is 8.99. The number of benzene rings is 1. The van der Waals surface area contributed by atoms with Crippen LogP contribution in [-0.2, 0) is 0 Å². The number of amides is 1. The molecular weight excluding hydrogens is 293 g/mol. The van der Waals surface area contributed by atoms with Gasteiger partial charge in [-0.3, -0.25) is 4.90 Å². The van der Waals surface area contributed by atoms with E-state index in [4.69, 9.17) is 5.11 Å². The summed E-state index contributed by atoms with van der Waals surface area (Å²) in [4.78, 5) is 12.3. The van der Waals surface area contributed by atoms with Gasteiger partial charge in [0.05, 0.1) is 0 Å². The molecule has 14 heavy (non-hydrogen) atoms. The molecule has 76 valence electrons. The summed E-state index contributed by atoms with van der Waals surface area (Å²) in [6.45, 7) is 3.71. The Bertz CT molecular complexity index is 321. The number of hydrogen-bond donors (Lipinski definition) is 1. The Hall–Kier alpha value is -0.780. The zero-order valence-electron chi connectivity index (χ0n) is 8.07. The van der Waals surface area contributed by atoms with Crippen LogP contribution in [0.15, 0.2) is 24.3 Å². The minimum atomic E-state index is -0.916. The maximum absolute atomic E-state index is 11.0. The third-order valence-corrected chi connectivity index (χ3v) is 2.55. The minimum Gasteiger partial charge on any atom is -0.465 e. The molecule has 4 heteroatoms. The Morgan fingerprint density at radius 2 is 1.86 bits per heavy atom. The molecule has 0 spiro atoms. The van der Waals surface area contributed by atoms with Crippen LogP contribution in [0.4, 0.5) is 10.5 Å². The summed E-state index contributed by atoms with van der Waals surface area (Å²) in [7, 11) is 0. The number of carbonyl (C=O) groups is 1. The van der Waals surface area contributed by atoms with Gasteiger partial charge >= 0.3 is 6.09 Å². The van der Waals surface area contributed by atoms with Gasteiger partial charge in [-0.1, -0.05) is 0 Å². The summed E-state index contributed by atoms with van der Waals surface area (Å²) in [6.07, 6.45) is -0.916. The van der Waals surface area contributed by atoms with Crippen molar-refractivity contribution in [3.63, 3.8) is 0 Å². The maximum atomic E-state index is 11.0. The van der Waals surface area contributed by atoms with Crippen molar-refractivity contribution in [2.24, 2.45) is 0 Å². The van der Waals surface area contributed by atoms with E-state index < -0.39 is 6.09 Å². The third-order valence-electron chi connectivity index (χ3n) is 1.83. The highest BCUT2D eigenvalue weighted by Crippen LogP contribution is 2.18. The fraction of sp³-hybridized carbons (Fsp3) is 0.300. The van der Waals surface area contributed by atoms with Crippen molar-refractivity contribution >= 4 is 34.4 Å². The molecule has 1 aromatic rings. The van der Waals surface area contributed by atoms with Gasteiger partial charge in [0, 0.05) is 15.3 Å². The number of nitrogens with zero attached hydrogens (tertiary/aromatic N) is 1. The molecule has 0 heterocycles. The molecule has 0 aliphatic carbocycles. The van der Waals surface area contributed by atoms with E-state index in [-0.39, 0.29) is 6.04 Å². The fourth-order valence-corrected chi connectivity index (χ4v) is 1.59. The molecule has 0 radical (unpaired) electrons. The van der Waals surface area contributed by atoms with Crippen molar-refractivity contribution in [1.29, 1.82) is 0 Å². The molecule has 0 aliphatic rings. The van der Waals surface area contributed by atoms with Crippen molar-refractivity contribution < 1.29 is 9.90 Å². The molecule has 0 unspecified atom stereocenters. The summed E-state index contributed by atoms with van der Waals surface area (Å²) < 4.78 is 1.10. The molecule has 0 fully saturated rings. The van der Waals surface area contributed by atoms with Gasteiger partial charge in [0.15, 0.2) is 0 Å². The number of rotatable bonds is 2. The smallest absolute Gasteiger partial charge is 0.412 e. The van der Waals surface area contributed by atoms with Crippen LogP contribution in [0.1, 0.15) is 13.8 Å². The minimum absolute atomic E-state index is 0.0486. The molecule has 1 N–H and O–H groups in total. The van der Waals surface area contributed by atoms with Crippen LogP contribution >= 0.6 is 22.6 Å². The van der Waals surface area contributed by atoms with Crippen LogP contribution in [0.25, 0.3) is 0 Å². The molecule has 0 aromatic heterocycles. The zero-order chi connectivity index (χ0) is 10.7. The largest absolute Gasteiger partial charge is 0.465 e. The van der Waals surface area contributed by atoms with Crippen molar-refractivity contribution in [1.82, 2.24) is 0 Å². The van der Waals surface area contributed by atoms with E-state index in [0.717, 1.165) is 3.57 Å². The molecule has 0 saturated heterocycles. The van der Waals surface area contributed by atoms with Gasteiger partial charge in [-0.2, -0.15) is 0 Å². The normalized spacial score (nSPS) is 10.3. The Morgan fingerprint density at radius 1 is 1.36 bits per heavy atom. The van der Waals surface area contributed by atoms with E-state index in [1.165, 1.54) is 4.90 Å². The maximum Gasteiger partial charge on any atom is 0.412 e. The Labute approximate surface area is 96.9 Å². The van der Waals surface area contributed by atoms with E-state index >= 15 is 0 Å². The van der Waals surface area contributed by atoms with Crippen LogP contribution < -0.4 is 4.90 Å². The number of halogens is 1. The van der Waals surface area contributed by atoms with Gasteiger partial charge in [-0.25, -0.2) is 4.79 Å². The molecule has 0 atom stereocenters. The van der Waals surface area contributed by atoms with Gasteiger partial charge in [-0.15, -0.1) is 0 Å². The van der Waals surface area contributed by atoms with E-state index in [9.17, 15) is 4.79 Å². The topological polar surface area (TPSA) is 40.5 Å². The summed E-state index contributed by atoms with van der Waals surface area (Å²) in [6, 6.07) is 7.38. The second kappa shape index (κ2) is 4.63. The van der Waals surface area contributed by atoms with Gasteiger partial charge in [0.1, 0.15) is 0 Å². The standard InChI is InChI=1S/C10H12INO2/c1-7(2)12(10(13)14)9-5-3-8(11)4-6-9/h3-7H,1-2H3,(H,13,14). The molecule has 1 rings (SSSR count). The molecular formula is C10H12INO2. The number of anilines is 1.